The Morgan fingerprint density at radius 1 is 1.47 bits per heavy atom. The summed E-state index contributed by atoms with van der Waals surface area (Å²) in [7, 11) is 0. The summed E-state index contributed by atoms with van der Waals surface area (Å²) in [5.41, 5.74) is 0. The molecule has 15 heavy (non-hydrogen) atoms. The van der Waals surface area contributed by atoms with Gasteiger partial charge in [0, 0.05) is 11.4 Å². The second-order valence-electron chi connectivity index (χ2n) is 3.18. The van der Waals surface area contributed by atoms with Crippen LogP contribution in [0.2, 0.25) is 4.34 Å². The molecular formula is C10H12ClNO2S. The van der Waals surface area contributed by atoms with E-state index in [4.69, 9.17) is 11.6 Å². The highest BCUT2D eigenvalue weighted by Gasteiger charge is 2.04. The third-order valence-electron chi connectivity index (χ3n) is 1.73. The average molecular weight is 246 g/mol. The van der Waals surface area contributed by atoms with Crippen LogP contribution in [-0.4, -0.2) is 18.2 Å². The molecule has 1 amide bonds. The van der Waals surface area contributed by atoms with Crippen molar-refractivity contribution in [3.8, 4) is 0 Å². The molecule has 0 unspecified atom stereocenters. The lowest BCUT2D eigenvalue weighted by atomic mass is 10.3. The summed E-state index contributed by atoms with van der Waals surface area (Å²) in [5, 5.41) is 2.68. The maximum Gasteiger partial charge on any atom is 0.227 e. The molecule has 0 aliphatic heterocycles. The summed E-state index contributed by atoms with van der Waals surface area (Å²) in [6.45, 7) is 1.95. The van der Waals surface area contributed by atoms with Crippen LogP contribution in [0.15, 0.2) is 12.1 Å². The molecule has 5 heteroatoms. The summed E-state index contributed by atoms with van der Waals surface area (Å²) < 4.78 is 0.750. The highest BCUT2D eigenvalue weighted by atomic mass is 35.5. The summed E-state index contributed by atoms with van der Waals surface area (Å²) in [6.07, 6.45) is 0.715. The molecule has 0 saturated heterocycles. The van der Waals surface area contributed by atoms with Crippen molar-refractivity contribution in [3.63, 3.8) is 0 Å². The van der Waals surface area contributed by atoms with Crippen LogP contribution in [0.3, 0.4) is 0 Å². The Hall–Kier alpha value is -0.870. The lowest BCUT2D eigenvalue weighted by molar-refractivity contribution is -0.127. The molecule has 0 bridgehead atoms. The van der Waals surface area contributed by atoms with Gasteiger partial charge in [-0.2, -0.15) is 0 Å². The largest absolute Gasteiger partial charge is 0.355 e. The smallest absolute Gasteiger partial charge is 0.227 e. The molecule has 1 aromatic heterocycles. The predicted octanol–water partition coefficient (Wildman–Crippen LogP) is 2.04. The van der Waals surface area contributed by atoms with Gasteiger partial charge in [0.15, 0.2) is 0 Å². The molecule has 0 aromatic carbocycles. The molecular weight excluding hydrogens is 234 g/mol. The molecule has 0 saturated carbocycles. The van der Waals surface area contributed by atoms with Crippen LogP contribution in [0.1, 0.15) is 18.2 Å². The number of thiophene rings is 1. The van der Waals surface area contributed by atoms with Crippen molar-refractivity contribution in [1.29, 1.82) is 0 Å². The van der Waals surface area contributed by atoms with E-state index in [-0.39, 0.29) is 18.1 Å². The van der Waals surface area contributed by atoms with Crippen LogP contribution in [0.25, 0.3) is 0 Å². The monoisotopic (exact) mass is 245 g/mol. The van der Waals surface area contributed by atoms with Gasteiger partial charge in [-0.15, -0.1) is 11.3 Å². The van der Waals surface area contributed by atoms with Gasteiger partial charge in [-0.3, -0.25) is 9.59 Å². The molecule has 0 radical (unpaired) electrons. The van der Waals surface area contributed by atoms with E-state index >= 15 is 0 Å². The fraction of sp³-hybridized carbons (Fsp3) is 0.400. The predicted molar refractivity (Wildman–Crippen MR) is 61.3 cm³/mol. The van der Waals surface area contributed by atoms with Crippen LogP contribution in [-0.2, 0) is 16.0 Å². The minimum absolute atomic E-state index is 0.0365. The van der Waals surface area contributed by atoms with Crippen molar-refractivity contribution in [2.75, 3.05) is 6.54 Å². The molecule has 0 spiro atoms. The number of amides is 1. The van der Waals surface area contributed by atoms with E-state index in [1.807, 2.05) is 12.1 Å². The number of rotatable bonds is 5. The Morgan fingerprint density at radius 2 is 2.20 bits per heavy atom. The topological polar surface area (TPSA) is 46.2 Å². The lowest BCUT2D eigenvalue weighted by Gasteiger charge is -2.01. The summed E-state index contributed by atoms with van der Waals surface area (Å²) >= 11 is 7.26. The molecule has 82 valence electrons. The minimum Gasteiger partial charge on any atom is -0.355 e. The first kappa shape index (κ1) is 12.2. The molecule has 1 aromatic rings. The molecule has 0 aliphatic carbocycles. The Bertz CT molecular complexity index is 362. The zero-order chi connectivity index (χ0) is 11.3. The highest BCUT2D eigenvalue weighted by Crippen LogP contribution is 2.21. The van der Waals surface area contributed by atoms with Crippen molar-refractivity contribution in [1.82, 2.24) is 5.32 Å². The number of nitrogens with one attached hydrogen (secondary N) is 1. The summed E-state index contributed by atoms with van der Waals surface area (Å²) in [6, 6.07) is 3.77. The van der Waals surface area contributed by atoms with Crippen molar-refractivity contribution >= 4 is 34.6 Å². The maximum absolute atomic E-state index is 11.1. The molecule has 0 fully saturated rings. The van der Waals surface area contributed by atoms with E-state index in [1.54, 1.807) is 0 Å². The van der Waals surface area contributed by atoms with Gasteiger partial charge >= 0.3 is 0 Å². The summed E-state index contributed by atoms with van der Waals surface area (Å²) in [4.78, 5) is 22.8. The summed E-state index contributed by atoms with van der Waals surface area (Å²) in [5.74, 6) is -0.336. The third kappa shape index (κ3) is 4.95. The minimum atomic E-state index is -0.217. The molecule has 0 atom stereocenters. The van der Waals surface area contributed by atoms with Crippen molar-refractivity contribution in [2.45, 2.75) is 19.8 Å². The number of halogens is 1. The van der Waals surface area contributed by atoms with Crippen molar-refractivity contribution in [3.05, 3.63) is 21.3 Å². The zero-order valence-corrected chi connectivity index (χ0v) is 9.95. The SMILES string of the molecule is CC(=O)CC(=O)NCCc1ccc(Cl)s1. The highest BCUT2D eigenvalue weighted by molar-refractivity contribution is 7.16. The molecule has 1 N–H and O–H groups in total. The van der Waals surface area contributed by atoms with E-state index in [0.29, 0.717) is 6.54 Å². The van der Waals surface area contributed by atoms with Gasteiger partial charge in [-0.25, -0.2) is 0 Å². The van der Waals surface area contributed by atoms with Gasteiger partial charge in [-0.1, -0.05) is 11.6 Å². The Balaban J connectivity index is 2.22. The Morgan fingerprint density at radius 3 is 2.73 bits per heavy atom. The first-order chi connectivity index (χ1) is 7.08. The van der Waals surface area contributed by atoms with Gasteiger partial charge in [0.25, 0.3) is 0 Å². The van der Waals surface area contributed by atoms with Crippen molar-refractivity contribution < 1.29 is 9.59 Å². The van der Waals surface area contributed by atoms with Crippen LogP contribution in [0.5, 0.6) is 0 Å². The van der Waals surface area contributed by atoms with Crippen LogP contribution < -0.4 is 5.32 Å². The van der Waals surface area contributed by atoms with E-state index in [2.05, 4.69) is 5.32 Å². The standard InChI is InChI=1S/C10H12ClNO2S/c1-7(13)6-10(14)12-5-4-8-2-3-9(11)15-8/h2-3H,4-6H2,1H3,(H,12,14). The van der Waals surface area contributed by atoms with Crippen LogP contribution in [0, 0.1) is 0 Å². The quantitative estimate of drug-likeness (QED) is 0.807. The fourth-order valence-electron chi connectivity index (χ4n) is 1.10. The number of carbonyl (C=O) groups excluding carboxylic acids is 2. The van der Waals surface area contributed by atoms with E-state index < -0.39 is 0 Å². The third-order valence-corrected chi connectivity index (χ3v) is 3.02. The van der Waals surface area contributed by atoms with E-state index in [9.17, 15) is 9.59 Å². The van der Waals surface area contributed by atoms with Gasteiger partial charge in [0.2, 0.25) is 5.91 Å². The molecule has 0 aliphatic rings. The lowest BCUT2D eigenvalue weighted by Crippen LogP contribution is -2.26. The van der Waals surface area contributed by atoms with Crippen LogP contribution in [0.4, 0.5) is 0 Å². The van der Waals surface area contributed by atoms with Gasteiger partial charge in [0.1, 0.15) is 5.78 Å². The number of hydrogen-bond donors (Lipinski definition) is 1. The maximum atomic E-state index is 11.1. The van der Waals surface area contributed by atoms with Crippen LogP contribution >= 0.6 is 22.9 Å². The molecule has 1 heterocycles. The molecule has 1 rings (SSSR count). The first-order valence-corrected chi connectivity index (χ1v) is 5.77. The second-order valence-corrected chi connectivity index (χ2v) is 4.98. The first-order valence-electron chi connectivity index (χ1n) is 4.58. The van der Waals surface area contributed by atoms with Gasteiger partial charge in [0.05, 0.1) is 10.8 Å². The number of ketones is 1. The number of carbonyl (C=O) groups is 2. The normalized spacial score (nSPS) is 10.0. The number of hydrogen-bond acceptors (Lipinski definition) is 3. The second kappa shape index (κ2) is 5.88. The Kier molecular flexibility index (Phi) is 4.78. The van der Waals surface area contributed by atoms with Crippen molar-refractivity contribution in [2.24, 2.45) is 0 Å². The van der Waals surface area contributed by atoms with Gasteiger partial charge < -0.3 is 5.32 Å². The van der Waals surface area contributed by atoms with E-state index in [0.717, 1.165) is 15.6 Å². The van der Waals surface area contributed by atoms with E-state index in [1.165, 1.54) is 18.3 Å². The molecule has 3 nitrogen and oxygen atoms in total. The number of Topliss-reactive ketones (excluding diaryl/α,β-unsaturated/α-hetero) is 1. The van der Waals surface area contributed by atoms with Gasteiger partial charge in [-0.05, 0) is 25.5 Å². The fourth-order valence-corrected chi connectivity index (χ4v) is 2.19. The Labute approximate surface area is 97.4 Å². The zero-order valence-electron chi connectivity index (χ0n) is 8.38. The average Bonchev–Trinajstić information content (AvgIpc) is 2.50.